The Kier molecular flexibility index (Phi) is 3.67. The van der Waals surface area contributed by atoms with Gasteiger partial charge in [-0.25, -0.2) is 4.79 Å². The summed E-state index contributed by atoms with van der Waals surface area (Å²) in [6.45, 7) is 2.43. The molecule has 1 saturated heterocycles. The molecule has 1 fully saturated rings. The van der Waals surface area contributed by atoms with Crippen LogP contribution in [0.1, 0.15) is 12.0 Å². The molecule has 1 aliphatic heterocycles. The maximum atomic E-state index is 11.5. The average molecular weight is 239 g/mol. The van der Waals surface area contributed by atoms with Crippen LogP contribution < -0.4 is 5.32 Å². The molecule has 0 spiro atoms. The number of amides is 2. The van der Waals surface area contributed by atoms with Gasteiger partial charge in [-0.2, -0.15) is 0 Å². The Morgan fingerprint density at radius 1 is 1.31 bits per heavy atom. The number of rotatable bonds is 3. The van der Waals surface area contributed by atoms with E-state index in [4.69, 9.17) is 11.6 Å². The zero-order valence-electron chi connectivity index (χ0n) is 9.08. The number of halogens is 1. The number of hydrogen-bond donors (Lipinski definition) is 1. The van der Waals surface area contributed by atoms with Gasteiger partial charge >= 0.3 is 6.03 Å². The summed E-state index contributed by atoms with van der Waals surface area (Å²) < 4.78 is 0. The summed E-state index contributed by atoms with van der Waals surface area (Å²) >= 11 is 5.81. The largest absolute Gasteiger partial charge is 0.338 e. The minimum Gasteiger partial charge on any atom is -0.338 e. The Morgan fingerprint density at radius 2 is 2.06 bits per heavy atom. The van der Waals surface area contributed by atoms with E-state index >= 15 is 0 Å². The smallest absolute Gasteiger partial charge is 0.317 e. The highest BCUT2D eigenvalue weighted by molar-refractivity contribution is 6.30. The molecule has 0 aromatic heterocycles. The monoisotopic (exact) mass is 238 g/mol. The minimum atomic E-state index is 0.0558. The van der Waals surface area contributed by atoms with Crippen molar-refractivity contribution in [2.45, 2.75) is 12.8 Å². The Bertz CT molecular complexity index is 364. The van der Waals surface area contributed by atoms with Crippen LogP contribution in [-0.4, -0.2) is 30.6 Å². The van der Waals surface area contributed by atoms with Crippen molar-refractivity contribution in [2.75, 3.05) is 19.6 Å². The molecular formula is C12H15ClN2O. The summed E-state index contributed by atoms with van der Waals surface area (Å²) in [5.41, 5.74) is 1.21. The van der Waals surface area contributed by atoms with Gasteiger partial charge in [-0.05, 0) is 30.5 Å². The van der Waals surface area contributed by atoms with E-state index in [2.05, 4.69) is 5.32 Å². The minimum absolute atomic E-state index is 0.0558. The second-order valence-corrected chi connectivity index (χ2v) is 4.39. The Balaban J connectivity index is 1.86. The predicted octanol–water partition coefficient (Wildman–Crippen LogP) is 2.30. The van der Waals surface area contributed by atoms with Gasteiger partial charge in [0.25, 0.3) is 0 Å². The molecular weight excluding hydrogens is 224 g/mol. The van der Waals surface area contributed by atoms with Crippen LogP contribution in [0.25, 0.3) is 0 Å². The lowest BCUT2D eigenvalue weighted by atomic mass is 10.1. The van der Waals surface area contributed by atoms with Crippen molar-refractivity contribution in [1.82, 2.24) is 10.2 Å². The van der Waals surface area contributed by atoms with Crippen LogP contribution in [0, 0.1) is 0 Å². The number of carbonyl (C=O) groups excluding carboxylic acids is 1. The Hall–Kier alpha value is -1.22. The molecule has 3 nitrogen and oxygen atoms in total. The first-order valence-corrected chi connectivity index (χ1v) is 5.91. The molecule has 2 rings (SSSR count). The summed E-state index contributed by atoms with van der Waals surface area (Å²) in [7, 11) is 0. The maximum Gasteiger partial charge on any atom is 0.317 e. The van der Waals surface area contributed by atoms with E-state index < -0.39 is 0 Å². The van der Waals surface area contributed by atoms with Gasteiger partial charge < -0.3 is 10.2 Å². The normalized spacial score (nSPS) is 16.1. The van der Waals surface area contributed by atoms with Crippen LogP contribution in [0.2, 0.25) is 5.02 Å². The molecule has 16 heavy (non-hydrogen) atoms. The van der Waals surface area contributed by atoms with Crippen molar-refractivity contribution < 1.29 is 4.79 Å². The molecule has 1 aliphatic rings. The summed E-state index contributed by atoms with van der Waals surface area (Å²) in [6, 6.07) is 7.83. The molecule has 1 heterocycles. The fourth-order valence-corrected chi connectivity index (χ4v) is 1.93. The lowest BCUT2D eigenvalue weighted by Crippen LogP contribution is -2.47. The number of urea groups is 1. The molecule has 0 unspecified atom stereocenters. The third kappa shape index (κ3) is 2.89. The lowest BCUT2D eigenvalue weighted by Gasteiger charge is -2.27. The number of nitrogens with one attached hydrogen (secondary N) is 1. The first-order valence-electron chi connectivity index (χ1n) is 5.53. The number of carbonyl (C=O) groups is 1. The van der Waals surface area contributed by atoms with Gasteiger partial charge in [-0.1, -0.05) is 23.7 Å². The molecule has 1 aromatic rings. The number of benzene rings is 1. The topological polar surface area (TPSA) is 32.3 Å². The van der Waals surface area contributed by atoms with Gasteiger partial charge in [-0.15, -0.1) is 0 Å². The summed E-state index contributed by atoms with van der Waals surface area (Å²) in [4.78, 5) is 13.3. The third-order valence-electron chi connectivity index (χ3n) is 2.75. The van der Waals surface area contributed by atoms with Gasteiger partial charge in [0.2, 0.25) is 0 Å². The molecule has 0 bridgehead atoms. The van der Waals surface area contributed by atoms with E-state index in [1.807, 2.05) is 29.2 Å². The first kappa shape index (κ1) is 11.3. The van der Waals surface area contributed by atoms with Crippen molar-refractivity contribution in [3.05, 3.63) is 34.9 Å². The second kappa shape index (κ2) is 5.21. The highest BCUT2D eigenvalue weighted by atomic mass is 35.5. The summed E-state index contributed by atoms with van der Waals surface area (Å²) in [5.74, 6) is 0. The standard InChI is InChI=1S/C12H15ClN2O/c13-11-4-2-10(3-5-11)6-9-15-8-1-7-14-12(15)16/h2-5H,1,6-9H2,(H,14,16). The summed E-state index contributed by atoms with van der Waals surface area (Å²) in [6.07, 6.45) is 1.91. The van der Waals surface area contributed by atoms with Gasteiger partial charge in [0.15, 0.2) is 0 Å². The SMILES string of the molecule is O=C1NCCCN1CCc1ccc(Cl)cc1. The van der Waals surface area contributed by atoms with Crippen LogP contribution in [0.5, 0.6) is 0 Å². The molecule has 0 atom stereocenters. The average Bonchev–Trinajstić information content (AvgIpc) is 2.30. The maximum absolute atomic E-state index is 11.5. The first-order chi connectivity index (χ1) is 7.75. The van der Waals surface area contributed by atoms with Crippen molar-refractivity contribution in [2.24, 2.45) is 0 Å². The third-order valence-corrected chi connectivity index (χ3v) is 3.00. The quantitative estimate of drug-likeness (QED) is 0.861. The highest BCUT2D eigenvalue weighted by Gasteiger charge is 2.16. The van der Waals surface area contributed by atoms with Gasteiger partial charge in [0.05, 0.1) is 0 Å². The molecule has 4 heteroatoms. The van der Waals surface area contributed by atoms with Gasteiger partial charge in [0.1, 0.15) is 0 Å². The fourth-order valence-electron chi connectivity index (χ4n) is 1.81. The molecule has 1 N–H and O–H groups in total. The van der Waals surface area contributed by atoms with Crippen LogP contribution in [0.3, 0.4) is 0 Å². The Labute approximate surface area is 100 Å². The van der Waals surface area contributed by atoms with E-state index in [0.29, 0.717) is 0 Å². The van der Waals surface area contributed by atoms with E-state index in [0.717, 1.165) is 37.5 Å². The van der Waals surface area contributed by atoms with Crippen LogP contribution in [-0.2, 0) is 6.42 Å². The fraction of sp³-hybridized carbons (Fsp3) is 0.417. The van der Waals surface area contributed by atoms with Gasteiger partial charge in [0, 0.05) is 24.7 Å². The molecule has 2 amide bonds. The number of nitrogens with zero attached hydrogens (tertiary/aromatic N) is 1. The van der Waals surface area contributed by atoms with E-state index in [1.54, 1.807) is 0 Å². The highest BCUT2D eigenvalue weighted by Crippen LogP contribution is 2.10. The van der Waals surface area contributed by atoms with Crippen molar-refractivity contribution in [1.29, 1.82) is 0 Å². The predicted molar refractivity (Wildman–Crippen MR) is 64.7 cm³/mol. The zero-order valence-corrected chi connectivity index (χ0v) is 9.83. The molecule has 0 saturated carbocycles. The van der Waals surface area contributed by atoms with Crippen LogP contribution in [0.4, 0.5) is 4.79 Å². The van der Waals surface area contributed by atoms with E-state index in [9.17, 15) is 4.79 Å². The van der Waals surface area contributed by atoms with E-state index in [1.165, 1.54) is 5.56 Å². The van der Waals surface area contributed by atoms with Crippen molar-refractivity contribution in [3.8, 4) is 0 Å². The Morgan fingerprint density at radius 3 is 2.75 bits per heavy atom. The van der Waals surface area contributed by atoms with Crippen molar-refractivity contribution in [3.63, 3.8) is 0 Å². The number of hydrogen-bond acceptors (Lipinski definition) is 1. The van der Waals surface area contributed by atoms with E-state index in [-0.39, 0.29) is 6.03 Å². The molecule has 1 aromatic carbocycles. The lowest BCUT2D eigenvalue weighted by molar-refractivity contribution is 0.187. The second-order valence-electron chi connectivity index (χ2n) is 3.95. The van der Waals surface area contributed by atoms with Crippen molar-refractivity contribution >= 4 is 17.6 Å². The molecule has 0 radical (unpaired) electrons. The molecule has 0 aliphatic carbocycles. The van der Waals surface area contributed by atoms with Crippen LogP contribution >= 0.6 is 11.6 Å². The molecule has 86 valence electrons. The van der Waals surface area contributed by atoms with Gasteiger partial charge in [-0.3, -0.25) is 0 Å². The van der Waals surface area contributed by atoms with Crippen LogP contribution in [0.15, 0.2) is 24.3 Å². The summed E-state index contributed by atoms with van der Waals surface area (Å²) in [5, 5.41) is 3.59. The zero-order chi connectivity index (χ0) is 11.4.